The number of fused-ring (bicyclic) bond motifs is 1. The van der Waals surface area contributed by atoms with Gasteiger partial charge in [-0.3, -0.25) is 0 Å². The second-order valence-corrected chi connectivity index (χ2v) is 3.98. The van der Waals surface area contributed by atoms with E-state index in [1.807, 2.05) is 11.8 Å². The zero-order valence-electron chi connectivity index (χ0n) is 6.88. The molecule has 0 saturated carbocycles. The Morgan fingerprint density at radius 3 is 3.33 bits per heavy atom. The number of hydrogen-bond donors (Lipinski definition) is 1. The molecule has 0 fully saturated rings. The van der Waals surface area contributed by atoms with Gasteiger partial charge in [0.15, 0.2) is 0 Å². The van der Waals surface area contributed by atoms with Crippen molar-refractivity contribution >= 4 is 11.8 Å². The molecule has 0 amide bonds. The SMILES string of the molecule is NCCc1onc2c1CCSC2. The Morgan fingerprint density at radius 1 is 1.58 bits per heavy atom. The Bertz CT molecular complexity index is 272. The molecule has 12 heavy (non-hydrogen) atoms. The standard InChI is InChI=1S/C8H12N2OS/c9-3-1-8-6-2-4-12-5-7(6)10-11-8/h1-5,9H2. The van der Waals surface area contributed by atoms with Crippen LogP contribution in [0, 0.1) is 0 Å². The van der Waals surface area contributed by atoms with E-state index < -0.39 is 0 Å². The quantitative estimate of drug-likeness (QED) is 0.744. The van der Waals surface area contributed by atoms with Crippen molar-refractivity contribution < 1.29 is 4.52 Å². The van der Waals surface area contributed by atoms with Crippen molar-refractivity contribution in [1.29, 1.82) is 0 Å². The molecular formula is C8H12N2OS. The number of hydrogen-bond acceptors (Lipinski definition) is 4. The Labute approximate surface area is 75.7 Å². The fraction of sp³-hybridized carbons (Fsp3) is 0.625. The van der Waals surface area contributed by atoms with Crippen molar-refractivity contribution in [2.45, 2.75) is 18.6 Å². The van der Waals surface area contributed by atoms with E-state index in [1.54, 1.807) is 0 Å². The minimum atomic E-state index is 0.648. The maximum atomic E-state index is 5.46. The fourth-order valence-corrected chi connectivity index (χ4v) is 2.36. The van der Waals surface area contributed by atoms with Gasteiger partial charge in [0.1, 0.15) is 5.76 Å². The molecule has 1 aliphatic heterocycles. The predicted octanol–water partition coefficient (Wildman–Crippen LogP) is 0.965. The third kappa shape index (κ3) is 1.36. The summed E-state index contributed by atoms with van der Waals surface area (Å²) >= 11 is 1.92. The molecule has 1 aromatic heterocycles. The molecule has 66 valence electrons. The van der Waals surface area contributed by atoms with Gasteiger partial charge in [0.2, 0.25) is 0 Å². The largest absolute Gasteiger partial charge is 0.361 e. The Kier molecular flexibility index (Phi) is 2.37. The van der Waals surface area contributed by atoms with Crippen LogP contribution in [0.15, 0.2) is 4.52 Å². The van der Waals surface area contributed by atoms with Gasteiger partial charge < -0.3 is 10.3 Å². The summed E-state index contributed by atoms with van der Waals surface area (Å²) in [5.74, 6) is 3.20. The monoisotopic (exact) mass is 184 g/mol. The van der Waals surface area contributed by atoms with Crippen molar-refractivity contribution in [3.63, 3.8) is 0 Å². The second kappa shape index (κ2) is 3.49. The number of rotatable bonds is 2. The second-order valence-electron chi connectivity index (χ2n) is 2.87. The van der Waals surface area contributed by atoms with E-state index in [0.717, 1.165) is 30.0 Å². The first-order chi connectivity index (χ1) is 5.92. The average molecular weight is 184 g/mol. The molecule has 0 unspecified atom stereocenters. The third-order valence-corrected chi connectivity index (χ3v) is 3.03. The highest BCUT2D eigenvalue weighted by atomic mass is 32.2. The molecule has 2 N–H and O–H groups in total. The van der Waals surface area contributed by atoms with E-state index in [2.05, 4.69) is 5.16 Å². The van der Waals surface area contributed by atoms with Crippen LogP contribution in [0.4, 0.5) is 0 Å². The molecule has 1 aromatic rings. The van der Waals surface area contributed by atoms with Crippen LogP contribution in [0.3, 0.4) is 0 Å². The summed E-state index contributed by atoms with van der Waals surface area (Å²) in [5.41, 5.74) is 7.91. The van der Waals surface area contributed by atoms with Gasteiger partial charge in [-0.2, -0.15) is 11.8 Å². The Morgan fingerprint density at radius 2 is 2.50 bits per heavy atom. The van der Waals surface area contributed by atoms with Gasteiger partial charge in [0, 0.05) is 17.7 Å². The van der Waals surface area contributed by atoms with Gasteiger partial charge in [0.05, 0.1) is 5.69 Å². The van der Waals surface area contributed by atoms with Crippen molar-refractivity contribution in [1.82, 2.24) is 5.16 Å². The molecule has 3 nitrogen and oxygen atoms in total. The molecule has 0 aliphatic carbocycles. The van der Waals surface area contributed by atoms with Gasteiger partial charge in [-0.15, -0.1) is 0 Å². The summed E-state index contributed by atoms with van der Waals surface area (Å²) in [6.45, 7) is 0.648. The lowest BCUT2D eigenvalue weighted by Gasteiger charge is -2.08. The summed E-state index contributed by atoms with van der Waals surface area (Å²) in [7, 11) is 0. The predicted molar refractivity (Wildman–Crippen MR) is 49.1 cm³/mol. The highest BCUT2D eigenvalue weighted by Crippen LogP contribution is 2.26. The molecule has 4 heteroatoms. The molecule has 0 spiro atoms. The molecule has 0 saturated heterocycles. The van der Waals surface area contributed by atoms with Gasteiger partial charge in [-0.05, 0) is 18.7 Å². The maximum Gasteiger partial charge on any atom is 0.141 e. The zero-order valence-corrected chi connectivity index (χ0v) is 7.69. The van der Waals surface area contributed by atoms with E-state index in [1.165, 1.54) is 11.3 Å². The first kappa shape index (κ1) is 8.13. The molecule has 0 aromatic carbocycles. The van der Waals surface area contributed by atoms with E-state index in [9.17, 15) is 0 Å². The first-order valence-corrected chi connectivity index (χ1v) is 5.31. The molecule has 0 bridgehead atoms. The van der Waals surface area contributed by atoms with Gasteiger partial charge in [0.25, 0.3) is 0 Å². The van der Waals surface area contributed by atoms with E-state index in [4.69, 9.17) is 10.3 Å². The van der Waals surface area contributed by atoms with Crippen LogP contribution in [-0.2, 0) is 18.6 Å². The summed E-state index contributed by atoms with van der Waals surface area (Å²) in [6, 6.07) is 0. The highest BCUT2D eigenvalue weighted by Gasteiger charge is 2.18. The fourth-order valence-electron chi connectivity index (χ4n) is 1.45. The molecule has 2 heterocycles. The van der Waals surface area contributed by atoms with Crippen LogP contribution in [0.2, 0.25) is 0 Å². The summed E-state index contributed by atoms with van der Waals surface area (Å²) in [4.78, 5) is 0. The van der Waals surface area contributed by atoms with Crippen LogP contribution < -0.4 is 5.73 Å². The number of nitrogens with zero attached hydrogens (tertiary/aromatic N) is 1. The smallest absolute Gasteiger partial charge is 0.141 e. The topological polar surface area (TPSA) is 52.0 Å². The van der Waals surface area contributed by atoms with Crippen LogP contribution >= 0.6 is 11.8 Å². The van der Waals surface area contributed by atoms with Crippen molar-refractivity contribution in [3.05, 3.63) is 17.0 Å². The zero-order chi connectivity index (χ0) is 8.39. The highest BCUT2D eigenvalue weighted by molar-refractivity contribution is 7.98. The van der Waals surface area contributed by atoms with Crippen molar-refractivity contribution in [3.8, 4) is 0 Å². The maximum absolute atomic E-state index is 5.46. The van der Waals surface area contributed by atoms with Crippen molar-refractivity contribution in [2.24, 2.45) is 5.73 Å². The molecule has 1 aliphatic rings. The van der Waals surface area contributed by atoms with Crippen LogP contribution in [0.25, 0.3) is 0 Å². The van der Waals surface area contributed by atoms with Gasteiger partial charge >= 0.3 is 0 Å². The average Bonchev–Trinajstić information content (AvgIpc) is 2.50. The third-order valence-electron chi connectivity index (χ3n) is 2.06. The molecule has 0 radical (unpaired) electrons. The molecule has 0 atom stereocenters. The van der Waals surface area contributed by atoms with E-state index in [0.29, 0.717) is 6.54 Å². The number of nitrogens with two attached hydrogens (primary N) is 1. The molecular weight excluding hydrogens is 172 g/mol. The summed E-state index contributed by atoms with van der Waals surface area (Å²) in [6.07, 6.45) is 1.92. The summed E-state index contributed by atoms with van der Waals surface area (Å²) in [5, 5.41) is 4.02. The van der Waals surface area contributed by atoms with Crippen molar-refractivity contribution in [2.75, 3.05) is 12.3 Å². The lowest BCUT2D eigenvalue weighted by atomic mass is 10.1. The number of aromatic nitrogens is 1. The van der Waals surface area contributed by atoms with Crippen LogP contribution in [-0.4, -0.2) is 17.5 Å². The van der Waals surface area contributed by atoms with Gasteiger partial charge in [-0.1, -0.05) is 5.16 Å². The lowest BCUT2D eigenvalue weighted by molar-refractivity contribution is 0.379. The van der Waals surface area contributed by atoms with E-state index >= 15 is 0 Å². The van der Waals surface area contributed by atoms with Crippen LogP contribution in [0.5, 0.6) is 0 Å². The van der Waals surface area contributed by atoms with E-state index in [-0.39, 0.29) is 0 Å². The first-order valence-electron chi connectivity index (χ1n) is 4.16. The number of thioether (sulfide) groups is 1. The minimum absolute atomic E-state index is 0.648. The van der Waals surface area contributed by atoms with Crippen LogP contribution in [0.1, 0.15) is 17.0 Å². The lowest BCUT2D eigenvalue weighted by Crippen LogP contribution is -2.07. The Balaban J connectivity index is 2.25. The normalized spacial score (nSPS) is 16.1. The summed E-state index contributed by atoms with van der Waals surface area (Å²) < 4.78 is 5.21. The van der Waals surface area contributed by atoms with Gasteiger partial charge in [-0.25, -0.2) is 0 Å². The minimum Gasteiger partial charge on any atom is -0.361 e. The Hall–Kier alpha value is -0.480. The molecule has 2 rings (SSSR count).